The highest BCUT2D eigenvalue weighted by molar-refractivity contribution is 6.69. The standard InChI is InChI=1S/C20H13F3N4O2/c21-20(22,23)14-8-4-5-9-15(14)26-12-17(28)19(29)18(25-26)16-10-11-24-27(16)13-6-2-1-3-7-13/h1-11H,12H2. The van der Waals surface area contributed by atoms with Crippen LogP contribution in [0.15, 0.2) is 72.0 Å². The number of carbonyl (C=O) groups is 2. The summed E-state index contributed by atoms with van der Waals surface area (Å²) >= 11 is 0. The lowest BCUT2D eigenvalue weighted by molar-refractivity contribution is -0.137. The molecule has 4 rings (SSSR count). The van der Waals surface area contributed by atoms with Crippen molar-refractivity contribution in [2.45, 2.75) is 6.18 Å². The van der Waals surface area contributed by atoms with Gasteiger partial charge in [0.05, 0.1) is 28.8 Å². The van der Waals surface area contributed by atoms with Crippen molar-refractivity contribution < 1.29 is 22.8 Å². The summed E-state index contributed by atoms with van der Waals surface area (Å²) in [5.74, 6) is -1.73. The van der Waals surface area contributed by atoms with Crippen LogP contribution in [0.2, 0.25) is 0 Å². The quantitative estimate of drug-likeness (QED) is 0.636. The van der Waals surface area contributed by atoms with Crippen LogP contribution >= 0.6 is 0 Å². The molecule has 0 amide bonds. The summed E-state index contributed by atoms with van der Waals surface area (Å²) in [5.41, 5.74) is -0.683. The minimum atomic E-state index is -4.64. The number of ketones is 2. The van der Waals surface area contributed by atoms with E-state index in [0.29, 0.717) is 5.69 Å². The molecule has 0 saturated carbocycles. The first-order chi connectivity index (χ1) is 13.9. The van der Waals surface area contributed by atoms with Gasteiger partial charge < -0.3 is 0 Å². The van der Waals surface area contributed by atoms with Crippen molar-refractivity contribution in [2.24, 2.45) is 5.10 Å². The molecule has 0 fully saturated rings. The molecule has 1 aliphatic rings. The first kappa shape index (κ1) is 18.6. The molecule has 2 heterocycles. The van der Waals surface area contributed by atoms with Crippen molar-refractivity contribution in [2.75, 3.05) is 11.6 Å². The van der Waals surface area contributed by atoms with Gasteiger partial charge in [-0.25, -0.2) is 4.68 Å². The van der Waals surface area contributed by atoms with E-state index in [1.165, 1.54) is 35.1 Å². The van der Waals surface area contributed by atoms with Gasteiger partial charge in [0.15, 0.2) is 5.71 Å². The number of aromatic nitrogens is 2. The summed E-state index contributed by atoms with van der Waals surface area (Å²) in [7, 11) is 0. The summed E-state index contributed by atoms with van der Waals surface area (Å²) in [6.45, 7) is -0.575. The largest absolute Gasteiger partial charge is 0.418 e. The van der Waals surface area contributed by atoms with Crippen LogP contribution in [0.4, 0.5) is 18.9 Å². The molecule has 29 heavy (non-hydrogen) atoms. The van der Waals surface area contributed by atoms with Crippen LogP contribution in [0.3, 0.4) is 0 Å². The molecule has 1 aliphatic heterocycles. The van der Waals surface area contributed by atoms with Crippen LogP contribution in [-0.2, 0) is 15.8 Å². The van der Waals surface area contributed by atoms with E-state index in [9.17, 15) is 22.8 Å². The molecule has 0 aliphatic carbocycles. The Morgan fingerprint density at radius 2 is 1.59 bits per heavy atom. The predicted molar refractivity (Wildman–Crippen MR) is 98.9 cm³/mol. The third-order valence-corrected chi connectivity index (χ3v) is 4.36. The van der Waals surface area contributed by atoms with Gasteiger partial charge in [-0.1, -0.05) is 30.3 Å². The predicted octanol–water partition coefficient (Wildman–Crippen LogP) is 3.25. The fourth-order valence-electron chi connectivity index (χ4n) is 3.04. The van der Waals surface area contributed by atoms with Crippen LogP contribution in [0.25, 0.3) is 5.69 Å². The monoisotopic (exact) mass is 398 g/mol. The van der Waals surface area contributed by atoms with E-state index in [2.05, 4.69) is 10.2 Å². The van der Waals surface area contributed by atoms with E-state index in [1.807, 2.05) is 0 Å². The van der Waals surface area contributed by atoms with Gasteiger partial charge >= 0.3 is 6.18 Å². The molecule has 9 heteroatoms. The average molecular weight is 398 g/mol. The van der Waals surface area contributed by atoms with E-state index in [1.54, 1.807) is 30.3 Å². The zero-order valence-corrected chi connectivity index (χ0v) is 14.8. The third-order valence-electron chi connectivity index (χ3n) is 4.36. The molecule has 0 atom stereocenters. The number of Topliss-reactive ketones (excluding diaryl/α,β-unsaturated/α-hetero) is 2. The van der Waals surface area contributed by atoms with Gasteiger partial charge in [0.1, 0.15) is 6.54 Å². The van der Waals surface area contributed by atoms with Gasteiger partial charge in [-0.2, -0.15) is 23.4 Å². The second-order valence-electron chi connectivity index (χ2n) is 6.24. The Balaban J connectivity index is 1.84. The second-order valence-corrected chi connectivity index (χ2v) is 6.24. The van der Waals surface area contributed by atoms with Crippen LogP contribution < -0.4 is 5.01 Å². The Labute approximate surface area is 162 Å². The van der Waals surface area contributed by atoms with Gasteiger partial charge in [-0.05, 0) is 30.3 Å². The highest BCUT2D eigenvalue weighted by Crippen LogP contribution is 2.37. The van der Waals surface area contributed by atoms with E-state index >= 15 is 0 Å². The molecule has 0 unspecified atom stereocenters. The lowest BCUT2D eigenvalue weighted by Gasteiger charge is -2.26. The number of hydrazone groups is 1. The number of alkyl halides is 3. The number of halogens is 3. The van der Waals surface area contributed by atoms with Crippen molar-refractivity contribution in [3.63, 3.8) is 0 Å². The van der Waals surface area contributed by atoms with Crippen LogP contribution in [0, 0.1) is 0 Å². The molecule has 0 bridgehead atoms. The van der Waals surface area contributed by atoms with Gasteiger partial charge in [-0.15, -0.1) is 0 Å². The van der Waals surface area contributed by atoms with Gasteiger partial charge in [0.2, 0.25) is 5.78 Å². The third kappa shape index (κ3) is 3.42. The molecule has 6 nitrogen and oxygen atoms in total. The van der Waals surface area contributed by atoms with E-state index in [-0.39, 0.29) is 17.1 Å². The van der Waals surface area contributed by atoms with Crippen LogP contribution in [0.5, 0.6) is 0 Å². The molecule has 0 spiro atoms. The summed E-state index contributed by atoms with van der Waals surface area (Å²) < 4.78 is 41.6. The zero-order chi connectivity index (χ0) is 20.6. The van der Waals surface area contributed by atoms with Crippen LogP contribution in [0.1, 0.15) is 11.3 Å². The fourth-order valence-corrected chi connectivity index (χ4v) is 3.04. The number of anilines is 1. The first-order valence-corrected chi connectivity index (χ1v) is 8.56. The highest BCUT2D eigenvalue weighted by Gasteiger charge is 2.38. The molecule has 0 saturated heterocycles. The molecule has 3 aromatic rings. The van der Waals surface area contributed by atoms with E-state index in [4.69, 9.17) is 0 Å². The smallest absolute Gasteiger partial charge is 0.288 e. The average Bonchev–Trinajstić information content (AvgIpc) is 3.19. The fraction of sp³-hybridized carbons (Fsp3) is 0.100. The molecule has 0 radical (unpaired) electrons. The Bertz CT molecular complexity index is 1120. The van der Waals surface area contributed by atoms with E-state index < -0.39 is 29.9 Å². The molecular weight excluding hydrogens is 385 g/mol. The Morgan fingerprint density at radius 3 is 2.31 bits per heavy atom. The number of benzene rings is 2. The lowest BCUT2D eigenvalue weighted by Crippen LogP contribution is -2.42. The van der Waals surface area contributed by atoms with Crippen molar-refractivity contribution in [1.82, 2.24) is 9.78 Å². The molecule has 2 aromatic carbocycles. The lowest BCUT2D eigenvalue weighted by atomic mass is 10.1. The molecule has 1 aromatic heterocycles. The second kappa shape index (κ2) is 7.01. The molecule has 146 valence electrons. The Hall–Kier alpha value is -3.75. The first-order valence-electron chi connectivity index (χ1n) is 8.56. The number of hydrogen-bond donors (Lipinski definition) is 0. The van der Waals surface area contributed by atoms with E-state index in [0.717, 1.165) is 11.1 Å². The number of hydrogen-bond acceptors (Lipinski definition) is 5. The zero-order valence-electron chi connectivity index (χ0n) is 14.8. The Morgan fingerprint density at radius 1 is 0.897 bits per heavy atom. The molecular formula is C20H13F3N4O2. The van der Waals surface area contributed by atoms with Crippen LogP contribution in [-0.4, -0.2) is 33.6 Å². The van der Waals surface area contributed by atoms with Crippen molar-refractivity contribution in [3.05, 3.63) is 78.1 Å². The topological polar surface area (TPSA) is 67.6 Å². The van der Waals surface area contributed by atoms with Gasteiger partial charge in [-0.3, -0.25) is 14.6 Å². The van der Waals surface area contributed by atoms with Crippen molar-refractivity contribution in [1.29, 1.82) is 0 Å². The van der Waals surface area contributed by atoms with Gasteiger partial charge in [0.25, 0.3) is 5.78 Å². The summed E-state index contributed by atoms with van der Waals surface area (Å²) in [6, 6.07) is 15.1. The number of rotatable bonds is 3. The minimum absolute atomic E-state index is 0.212. The number of para-hydroxylation sites is 2. The maximum Gasteiger partial charge on any atom is 0.418 e. The normalized spacial score (nSPS) is 14.9. The number of nitrogens with zero attached hydrogens (tertiary/aromatic N) is 4. The number of carbonyl (C=O) groups excluding carboxylic acids is 2. The Kier molecular flexibility index (Phi) is 4.50. The maximum atomic E-state index is 13.4. The summed E-state index contributed by atoms with van der Waals surface area (Å²) in [5, 5.41) is 9.16. The van der Waals surface area contributed by atoms with Crippen molar-refractivity contribution >= 4 is 23.0 Å². The highest BCUT2D eigenvalue weighted by atomic mass is 19.4. The maximum absolute atomic E-state index is 13.4. The van der Waals surface area contributed by atoms with Gasteiger partial charge in [0, 0.05) is 0 Å². The summed E-state index contributed by atoms with van der Waals surface area (Å²) in [6.07, 6.45) is -3.21. The SMILES string of the molecule is O=C1CN(c2ccccc2C(F)(F)F)N=C(c2ccnn2-c2ccccc2)C1=O. The molecule has 0 N–H and O–H groups in total. The van der Waals surface area contributed by atoms with Crippen molar-refractivity contribution in [3.8, 4) is 5.69 Å². The minimum Gasteiger partial charge on any atom is -0.288 e. The summed E-state index contributed by atoms with van der Waals surface area (Å²) in [4.78, 5) is 24.8.